The molecule has 54 heavy (non-hydrogen) atoms. The third kappa shape index (κ3) is 7.71. The Labute approximate surface area is 331 Å². The van der Waals surface area contributed by atoms with E-state index >= 15 is 0 Å². The standard InChI is InChI=1S/C24H21IO2.C24H23NO2/c2*1-15-12-18(27-14-17-6-4-3-5-7-17)13-16(2)23(15)24-20-9-11-22(26)19(20)8-10-21(24)25/h3-8,10,12-13H,9,11,14H2,1-2H3;3-8,10,12-13H,9,11,14,25H2,1-2H3. The molecular formula is C48H44INO4. The highest BCUT2D eigenvalue weighted by atomic mass is 127. The largest absolute Gasteiger partial charge is 0.489 e. The third-order valence-electron chi connectivity index (χ3n) is 10.4. The van der Waals surface area contributed by atoms with Gasteiger partial charge in [-0.25, -0.2) is 0 Å². The summed E-state index contributed by atoms with van der Waals surface area (Å²) in [5, 5.41) is 0. The molecule has 2 aliphatic rings. The lowest BCUT2D eigenvalue weighted by Crippen LogP contribution is -2.02. The maximum atomic E-state index is 12.2. The number of hydrogen-bond acceptors (Lipinski definition) is 5. The molecule has 0 saturated heterocycles. The number of nitrogen functional groups attached to an aromatic ring is 1. The first-order valence-electron chi connectivity index (χ1n) is 18.4. The average molecular weight is 826 g/mol. The molecule has 0 unspecified atom stereocenters. The number of benzene rings is 6. The van der Waals surface area contributed by atoms with E-state index in [9.17, 15) is 9.59 Å². The molecule has 0 saturated carbocycles. The summed E-state index contributed by atoms with van der Waals surface area (Å²) >= 11 is 2.39. The van der Waals surface area contributed by atoms with Gasteiger partial charge in [0.15, 0.2) is 11.6 Å². The van der Waals surface area contributed by atoms with Crippen molar-refractivity contribution in [3.05, 3.63) is 168 Å². The van der Waals surface area contributed by atoms with Gasteiger partial charge in [-0.3, -0.25) is 9.59 Å². The molecule has 2 N–H and O–H groups in total. The van der Waals surface area contributed by atoms with Gasteiger partial charge in [0.1, 0.15) is 24.7 Å². The van der Waals surface area contributed by atoms with Gasteiger partial charge in [0, 0.05) is 38.8 Å². The van der Waals surface area contributed by atoms with Gasteiger partial charge in [-0.05, 0) is 167 Å². The summed E-state index contributed by atoms with van der Waals surface area (Å²) in [6, 6.07) is 36.4. The highest BCUT2D eigenvalue weighted by molar-refractivity contribution is 14.1. The zero-order valence-corrected chi connectivity index (χ0v) is 33.4. The predicted octanol–water partition coefficient (Wildman–Crippen LogP) is 11.5. The van der Waals surface area contributed by atoms with Crippen LogP contribution in [0.1, 0.15) is 78.1 Å². The van der Waals surface area contributed by atoms with Crippen LogP contribution in [0.5, 0.6) is 11.5 Å². The first-order chi connectivity index (χ1) is 26.1. The summed E-state index contributed by atoms with van der Waals surface area (Å²) in [7, 11) is 0. The van der Waals surface area contributed by atoms with Crippen molar-refractivity contribution < 1.29 is 19.1 Å². The highest BCUT2D eigenvalue weighted by Crippen LogP contribution is 2.42. The van der Waals surface area contributed by atoms with Gasteiger partial charge in [0.25, 0.3) is 0 Å². The lowest BCUT2D eigenvalue weighted by Gasteiger charge is -2.18. The zero-order chi connectivity index (χ0) is 37.9. The molecule has 0 atom stereocenters. The van der Waals surface area contributed by atoms with Crippen LogP contribution in [-0.4, -0.2) is 11.6 Å². The Balaban J connectivity index is 0.000000167. The molecule has 0 fully saturated rings. The number of hydrogen-bond donors (Lipinski definition) is 1. The number of ketones is 2. The summed E-state index contributed by atoms with van der Waals surface area (Å²) < 4.78 is 13.2. The van der Waals surface area contributed by atoms with Crippen molar-refractivity contribution in [3.8, 4) is 33.8 Å². The van der Waals surface area contributed by atoms with E-state index in [-0.39, 0.29) is 11.6 Å². The monoisotopic (exact) mass is 825 g/mol. The van der Waals surface area contributed by atoms with Crippen LogP contribution in [0.3, 0.4) is 0 Å². The van der Waals surface area contributed by atoms with Crippen LogP contribution in [-0.2, 0) is 26.1 Å². The van der Waals surface area contributed by atoms with Crippen molar-refractivity contribution >= 4 is 39.8 Å². The average Bonchev–Trinajstić information content (AvgIpc) is 3.73. The fourth-order valence-electron chi connectivity index (χ4n) is 7.92. The van der Waals surface area contributed by atoms with E-state index in [1.54, 1.807) is 0 Å². The number of aryl methyl sites for hydroxylation is 4. The van der Waals surface area contributed by atoms with Gasteiger partial charge >= 0.3 is 0 Å². The zero-order valence-electron chi connectivity index (χ0n) is 31.2. The van der Waals surface area contributed by atoms with Gasteiger partial charge in [0.05, 0.1) is 0 Å². The smallest absolute Gasteiger partial charge is 0.163 e. The van der Waals surface area contributed by atoms with Gasteiger partial charge < -0.3 is 15.2 Å². The van der Waals surface area contributed by atoms with Crippen molar-refractivity contribution in [2.45, 2.75) is 66.6 Å². The second-order valence-electron chi connectivity index (χ2n) is 14.3. The van der Waals surface area contributed by atoms with Crippen LogP contribution < -0.4 is 15.2 Å². The summed E-state index contributed by atoms with van der Waals surface area (Å²) in [5.74, 6) is 2.21. The molecule has 0 radical (unpaired) electrons. The van der Waals surface area contributed by atoms with E-state index in [1.807, 2.05) is 54.6 Å². The van der Waals surface area contributed by atoms with E-state index in [0.717, 1.165) is 80.1 Å². The van der Waals surface area contributed by atoms with Crippen LogP contribution in [0.25, 0.3) is 22.3 Å². The maximum Gasteiger partial charge on any atom is 0.163 e. The summed E-state index contributed by atoms with van der Waals surface area (Å²) in [5.41, 5.74) is 22.6. The first-order valence-corrected chi connectivity index (χ1v) is 19.5. The van der Waals surface area contributed by atoms with Gasteiger partial charge in [-0.2, -0.15) is 0 Å². The van der Waals surface area contributed by atoms with E-state index in [1.165, 1.54) is 31.4 Å². The molecule has 8 rings (SSSR count). The molecule has 0 aromatic heterocycles. The van der Waals surface area contributed by atoms with E-state index in [2.05, 4.69) is 105 Å². The van der Waals surface area contributed by atoms with Crippen LogP contribution in [0.15, 0.2) is 109 Å². The van der Waals surface area contributed by atoms with Crippen LogP contribution >= 0.6 is 22.6 Å². The number of carbonyl (C=O) groups excluding carboxylic acids is 2. The fourth-order valence-corrected chi connectivity index (χ4v) is 8.70. The van der Waals surface area contributed by atoms with Crippen molar-refractivity contribution in [2.75, 3.05) is 5.73 Å². The van der Waals surface area contributed by atoms with Crippen LogP contribution in [0.4, 0.5) is 5.69 Å². The summed E-state index contributed by atoms with van der Waals surface area (Å²) in [6.07, 6.45) is 2.80. The third-order valence-corrected chi connectivity index (χ3v) is 11.3. The van der Waals surface area contributed by atoms with Crippen molar-refractivity contribution in [1.82, 2.24) is 0 Å². The Hall–Kier alpha value is -5.21. The van der Waals surface area contributed by atoms with E-state index in [0.29, 0.717) is 26.1 Å². The molecule has 0 bridgehead atoms. The van der Waals surface area contributed by atoms with Crippen molar-refractivity contribution in [1.29, 1.82) is 0 Å². The molecule has 272 valence electrons. The number of anilines is 1. The molecule has 0 amide bonds. The predicted molar refractivity (Wildman–Crippen MR) is 227 cm³/mol. The van der Waals surface area contributed by atoms with Crippen molar-refractivity contribution in [2.24, 2.45) is 0 Å². The molecule has 2 aliphatic carbocycles. The van der Waals surface area contributed by atoms with Gasteiger partial charge in [-0.15, -0.1) is 0 Å². The minimum atomic E-state index is 0.212. The second-order valence-corrected chi connectivity index (χ2v) is 15.4. The Morgan fingerprint density at radius 1 is 0.519 bits per heavy atom. The lowest BCUT2D eigenvalue weighted by atomic mass is 9.89. The van der Waals surface area contributed by atoms with E-state index in [4.69, 9.17) is 15.2 Å². The number of nitrogens with two attached hydrogens (primary N) is 1. The van der Waals surface area contributed by atoms with Crippen molar-refractivity contribution in [3.63, 3.8) is 0 Å². The molecule has 6 aromatic rings. The van der Waals surface area contributed by atoms with Crippen LogP contribution in [0.2, 0.25) is 0 Å². The molecule has 0 heterocycles. The molecule has 6 aromatic carbocycles. The topological polar surface area (TPSA) is 78.6 Å². The number of carbonyl (C=O) groups is 2. The van der Waals surface area contributed by atoms with E-state index < -0.39 is 0 Å². The maximum absolute atomic E-state index is 12.2. The number of rotatable bonds is 8. The number of Topliss-reactive ketones (excluding diaryl/α,β-unsaturated/α-hetero) is 2. The molecule has 0 spiro atoms. The quantitative estimate of drug-likeness (QED) is 0.122. The molecule has 0 aliphatic heterocycles. The SMILES string of the molecule is Cc1cc(OCc2ccccc2)cc(C)c1-c1c(I)ccc2c1CCC2=O.Cc1cc(OCc2ccccc2)cc(C)c1-c1c(N)ccc2c1CCC2=O. The van der Waals surface area contributed by atoms with Crippen LogP contribution in [0, 0.1) is 31.3 Å². The summed E-state index contributed by atoms with van der Waals surface area (Å²) in [4.78, 5) is 24.3. The molecule has 6 heteroatoms. The Morgan fingerprint density at radius 3 is 1.39 bits per heavy atom. The number of halogens is 1. The minimum absolute atomic E-state index is 0.212. The Kier molecular flexibility index (Phi) is 11.0. The highest BCUT2D eigenvalue weighted by Gasteiger charge is 2.27. The fraction of sp³-hybridized carbons (Fsp3) is 0.208. The second kappa shape index (κ2) is 16.0. The minimum Gasteiger partial charge on any atom is -0.489 e. The van der Waals surface area contributed by atoms with Gasteiger partial charge in [-0.1, -0.05) is 66.7 Å². The molecule has 5 nitrogen and oxygen atoms in total. The normalized spacial score (nSPS) is 12.9. The lowest BCUT2D eigenvalue weighted by molar-refractivity contribution is 0.0986. The molecular weight excluding hydrogens is 781 g/mol. The Morgan fingerprint density at radius 2 is 0.926 bits per heavy atom. The van der Waals surface area contributed by atoms with Gasteiger partial charge in [0.2, 0.25) is 0 Å². The Bertz CT molecular complexity index is 2170. The first kappa shape index (κ1) is 37.1. The number of fused-ring (bicyclic) bond motifs is 2. The summed E-state index contributed by atoms with van der Waals surface area (Å²) in [6.45, 7) is 9.51. The number of ether oxygens (including phenoxy) is 2.